The van der Waals surface area contributed by atoms with Crippen LogP contribution in [0.15, 0.2) is 0 Å². The van der Waals surface area contributed by atoms with Crippen LogP contribution in [-0.2, 0) is 0 Å². The lowest BCUT2D eigenvalue weighted by Gasteiger charge is -2.29. The van der Waals surface area contributed by atoms with Crippen molar-refractivity contribution >= 4 is 11.8 Å². The van der Waals surface area contributed by atoms with E-state index in [9.17, 15) is 5.11 Å². The zero-order chi connectivity index (χ0) is 9.80. The van der Waals surface area contributed by atoms with Crippen molar-refractivity contribution < 1.29 is 5.11 Å². The van der Waals surface area contributed by atoms with Crippen molar-refractivity contribution in [2.45, 2.75) is 43.5 Å². The molecule has 0 aromatic carbocycles. The van der Waals surface area contributed by atoms with Gasteiger partial charge in [0.25, 0.3) is 0 Å². The highest BCUT2D eigenvalue weighted by Crippen LogP contribution is 2.29. The maximum Gasteiger partial charge on any atom is 0.0658 e. The molecule has 2 rings (SSSR count). The van der Waals surface area contributed by atoms with Gasteiger partial charge in [-0.3, -0.25) is 0 Å². The van der Waals surface area contributed by atoms with E-state index in [0.717, 1.165) is 12.3 Å². The minimum atomic E-state index is -0.0319. The third-order valence-electron chi connectivity index (χ3n) is 3.33. The van der Waals surface area contributed by atoms with Gasteiger partial charge >= 0.3 is 0 Å². The van der Waals surface area contributed by atoms with Gasteiger partial charge in [0.1, 0.15) is 0 Å². The molecule has 2 nitrogen and oxygen atoms in total. The van der Waals surface area contributed by atoms with E-state index in [4.69, 9.17) is 0 Å². The number of thioether (sulfide) groups is 1. The van der Waals surface area contributed by atoms with Crippen molar-refractivity contribution in [1.82, 2.24) is 5.32 Å². The lowest BCUT2D eigenvalue weighted by atomic mass is 10.1. The summed E-state index contributed by atoms with van der Waals surface area (Å²) >= 11 is 2.01. The molecule has 2 aliphatic rings. The van der Waals surface area contributed by atoms with Crippen molar-refractivity contribution in [3.8, 4) is 0 Å². The van der Waals surface area contributed by atoms with Crippen LogP contribution in [0.25, 0.3) is 0 Å². The molecule has 0 amide bonds. The summed E-state index contributed by atoms with van der Waals surface area (Å²) in [6.07, 6.45) is 6.09. The molecule has 2 atom stereocenters. The first-order valence-electron chi connectivity index (χ1n) is 5.86. The van der Waals surface area contributed by atoms with Crippen molar-refractivity contribution in [2.24, 2.45) is 5.92 Å². The predicted octanol–water partition coefficient (Wildman–Crippen LogP) is 1.63. The molecule has 1 saturated heterocycles. The van der Waals surface area contributed by atoms with E-state index in [1.807, 2.05) is 11.8 Å². The molecular weight excluding hydrogens is 194 g/mol. The van der Waals surface area contributed by atoms with E-state index < -0.39 is 0 Å². The number of aliphatic hydroxyl groups is 1. The largest absolute Gasteiger partial charge is 0.392 e. The van der Waals surface area contributed by atoms with Gasteiger partial charge in [-0.25, -0.2) is 0 Å². The summed E-state index contributed by atoms with van der Waals surface area (Å²) in [5.74, 6) is 2.12. The zero-order valence-electron chi connectivity index (χ0n) is 8.74. The van der Waals surface area contributed by atoms with E-state index in [1.165, 1.54) is 44.5 Å². The summed E-state index contributed by atoms with van der Waals surface area (Å²) in [4.78, 5) is 0. The first kappa shape index (κ1) is 10.8. The second-order valence-corrected chi connectivity index (χ2v) is 5.87. The van der Waals surface area contributed by atoms with Gasteiger partial charge in [-0.05, 0) is 37.6 Å². The summed E-state index contributed by atoms with van der Waals surface area (Å²) in [7, 11) is 0. The van der Waals surface area contributed by atoms with Crippen molar-refractivity contribution in [1.29, 1.82) is 0 Å². The summed E-state index contributed by atoms with van der Waals surface area (Å²) in [5.41, 5.74) is 0. The van der Waals surface area contributed by atoms with E-state index in [-0.39, 0.29) is 6.10 Å². The third kappa shape index (κ3) is 2.88. The Morgan fingerprint density at radius 1 is 1.14 bits per heavy atom. The SMILES string of the molecule is OC1CCCCCC1SCC1CNC1. The highest BCUT2D eigenvalue weighted by Gasteiger charge is 2.24. The van der Waals surface area contributed by atoms with Gasteiger partial charge in [-0.1, -0.05) is 19.3 Å². The fourth-order valence-corrected chi connectivity index (χ4v) is 3.62. The standard InChI is InChI=1S/C11H21NOS/c13-10-4-2-1-3-5-11(10)14-8-9-6-12-7-9/h9-13H,1-8H2. The molecule has 3 heteroatoms. The molecule has 1 heterocycles. The molecule has 0 spiro atoms. The topological polar surface area (TPSA) is 32.3 Å². The highest BCUT2D eigenvalue weighted by molar-refractivity contribution is 7.99. The van der Waals surface area contributed by atoms with Gasteiger partial charge in [0, 0.05) is 5.25 Å². The number of hydrogen-bond acceptors (Lipinski definition) is 3. The molecule has 0 bridgehead atoms. The summed E-state index contributed by atoms with van der Waals surface area (Å²) in [6, 6.07) is 0. The molecule has 0 aromatic rings. The van der Waals surface area contributed by atoms with Gasteiger partial charge in [0.15, 0.2) is 0 Å². The van der Waals surface area contributed by atoms with Crippen LogP contribution >= 0.6 is 11.8 Å². The molecule has 82 valence electrons. The Labute approximate surface area is 90.8 Å². The highest BCUT2D eigenvalue weighted by atomic mass is 32.2. The summed E-state index contributed by atoms with van der Waals surface area (Å²) < 4.78 is 0. The second kappa shape index (κ2) is 5.38. The molecule has 1 saturated carbocycles. The third-order valence-corrected chi connectivity index (χ3v) is 4.97. The normalized spacial score (nSPS) is 34.9. The number of rotatable bonds is 3. The Bertz CT molecular complexity index is 173. The van der Waals surface area contributed by atoms with Crippen LogP contribution in [0.1, 0.15) is 32.1 Å². The number of nitrogens with one attached hydrogen (secondary N) is 1. The Hall–Kier alpha value is 0.270. The van der Waals surface area contributed by atoms with Crippen LogP contribution in [0, 0.1) is 5.92 Å². The van der Waals surface area contributed by atoms with Gasteiger partial charge in [-0.15, -0.1) is 0 Å². The average molecular weight is 215 g/mol. The monoisotopic (exact) mass is 215 g/mol. The van der Waals surface area contributed by atoms with E-state index in [0.29, 0.717) is 5.25 Å². The Morgan fingerprint density at radius 2 is 1.93 bits per heavy atom. The second-order valence-electron chi connectivity index (χ2n) is 4.60. The minimum Gasteiger partial charge on any atom is -0.392 e. The van der Waals surface area contributed by atoms with Crippen LogP contribution in [0.5, 0.6) is 0 Å². The lowest BCUT2D eigenvalue weighted by Crippen LogP contribution is -2.43. The van der Waals surface area contributed by atoms with Gasteiger partial charge < -0.3 is 10.4 Å². The maximum atomic E-state index is 9.92. The van der Waals surface area contributed by atoms with Gasteiger partial charge in [0.2, 0.25) is 0 Å². The van der Waals surface area contributed by atoms with Crippen molar-refractivity contribution in [2.75, 3.05) is 18.8 Å². The van der Waals surface area contributed by atoms with Crippen LogP contribution in [-0.4, -0.2) is 35.3 Å². The molecule has 2 N–H and O–H groups in total. The average Bonchev–Trinajstić information content (AvgIpc) is 2.29. The first-order valence-corrected chi connectivity index (χ1v) is 6.91. The van der Waals surface area contributed by atoms with Crippen LogP contribution in [0.4, 0.5) is 0 Å². The van der Waals surface area contributed by atoms with E-state index in [1.54, 1.807) is 0 Å². The molecule has 14 heavy (non-hydrogen) atoms. The molecule has 1 aliphatic carbocycles. The maximum absolute atomic E-state index is 9.92. The Kier molecular flexibility index (Phi) is 4.14. The quantitative estimate of drug-likeness (QED) is 0.702. The van der Waals surface area contributed by atoms with Crippen LogP contribution in [0.3, 0.4) is 0 Å². The smallest absolute Gasteiger partial charge is 0.0658 e. The van der Waals surface area contributed by atoms with E-state index in [2.05, 4.69) is 5.32 Å². The molecule has 1 aliphatic heterocycles. The number of aliphatic hydroxyl groups excluding tert-OH is 1. The van der Waals surface area contributed by atoms with Crippen molar-refractivity contribution in [3.05, 3.63) is 0 Å². The van der Waals surface area contributed by atoms with E-state index >= 15 is 0 Å². The molecule has 2 unspecified atom stereocenters. The lowest BCUT2D eigenvalue weighted by molar-refractivity contribution is 0.163. The van der Waals surface area contributed by atoms with Crippen LogP contribution < -0.4 is 5.32 Å². The fourth-order valence-electron chi connectivity index (χ4n) is 2.17. The first-order chi connectivity index (χ1) is 6.86. The zero-order valence-corrected chi connectivity index (χ0v) is 9.56. The molecule has 0 aromatic heterocycles. The summed E-state index contributed by atoms with van der Waals surface area (Å²) in [6.45, 7) is 2.38. The molecule has 0 radical (unpaired) electrons. The van der Waals surface area contributed by atoms with Crippen molar-refractivity contribution in [3.63, 3.8) is 0 Å². The Morgan fingerprint density at radius 3 is 2.64 bits per heavy atom. The summed E-state index contributed by atoms with van der Waals surface area (Å²) in [5, 5.41) is 13.7. The minimum absolute atomic E-state index is 0.0319. The predicted molar refractivity (Wildman–Crippen MR) is 61.7 cm³/mol. The van der Waals surface area contributed by atoms with Crippen LogP contribution in [0.2, 0.25) is 0 Å². The van der Waals surface area contributed by atoms with Gasteiger partial charge in [-0.2, -0.15) is 11.8 Å². The van der Waals surface area contributed by atoms with Gasteiger partial charge in [0.05, 0.1) is 6.10 Å². The number of hydrogen-bond donors (Lipinski definition) is 2. The molecular formula is C11H21NOS. The fraction of sp³-hybridized carbons (Fsp3) is 1.00. The molecule has 2 fully saturated rings. The Balaban J connectivity index is 1.70.